The summed E-state index contributed by atoms with van der Waals surface area (Å²) < 4.78 is 4.68. The third-order valence-electron chi connectivity index (χ3n) is 11.4. The Hall–Kier alpha value is -6.90. The fraction of sp³-hybridized carbons (Fsp3) is 0.0196. The Morgan fingerprint density at radius 3 is 1.70 bits per heavy atom. The zero-order chi connectivity index (χ0) is 34.9. The van der Waals surface area contributed by atoms with Crippen molar-refractivity contribution in [1.29, 1.82) is 0 Å². The van der Waals surface area contributed by atoms with Gasteiger partial charge in [0, 0.05) is 33.7 Å². The van der Waals surface area contributed by atoms with E-state index in [1.54, 1.807) is 0 Å². The third kappa shape index (κ3) is 4.33. The minimum absolute atomic E-state index is 0.386. The smallest absolute Gasteiger partial charge is 0.0713 e. The molecule has 0 radical (unpaired) electrons. The summed E-state index contributed by atoms with van der Waals surface area (Å²) in [6, 6.07) is 73.5. The minimum Gasteiger partial charge on any atom is -0.317 e. The summed E-state index contributed by atoms with van der Waals surface area (Å²) in [5.74, 6) is 0. The van der Waals surface area contributed by atoms with E-state index in [9.17, 15) is 0 Å². The number of hydrogen-bond donors (Lipinski definition) is 0. The second-order valence-electron chi connectivity index (χ2n) is 14.1. The number of aromatic nitrogens is 2. The van der Waals surface area contributed by atoms with E-state index < -0.39 is 0 Å². The number of benzene rings is 8. The van der Waals surface area contributed by atoms with Crippen LogP contribution in [0.1, 0.15) is 22.3 Å². The lowest BCUT2D eigenvalue weighted by Crippen LogP contribution is -2.28. The van der Waals surface area contributed by atoms with Crippen molar-refractivity contribution in [2.75, 3.05) is 0 Å². The summed E-state index contributed by atoms with van der Waals surface area (Å²) in [7, 11) is 0. The van der Waals surface area contributed by atoms with Gasteiger partial charge in [-0.15, -0.1) is 0 Å². The van der Waals surface area contributed by atoms with Crippen LogP contribution in [0.4, 0.5) is 0 Å². The molecule has 0 bridgehead atoms. The molecular weight excluding hydrogens is 641 g/mol. The molecule has 2 heteroatoms. The lowest BCUT2D eigenvalue weighted by molar-refractivity contribution is 0.768. The molecule has 0 unspecified atom stereocenters. The molecule has 8 aromatic carbocycles. The van der Waals surface area contributed by atoms with Crippen molar-refractivity contribution in [3.05, 3.63) is 229 Å². The molecule has 0 spiro atoms. The van der Waals surface area contributed by atoms with Crippen LogP contribution in [0.15, 0.2) is 206 Å². The number of rotatable bonds is 5. The van der Waals surface area contributed by atoms with Crippen LogP contribution in [0.5, 0.6) is 0 Å². The summed E-state index contributed by atoms with van der Waals surface area (Å²) in [4.78, 5) is 0. The highest BCUT2D eigenvalue weighted by atomic mass is 15.0. The average Bonchev–Trinajstić information content (AvgIpc) is 3.90. The van der Waals surface area contributed by atoms with E-state index in [-0.39, 0.29) is 5.41 Å². The predicted molar refractivity (Wildman–Crippen MR) is 220 cm³/mol. The molecule has 0 atom stereocenters. The van der Waals surface area contributed by atoms with Crippen LogP contribution < -0.4 is 0 Å². The molecule has 0 amide bonds. The van der Waals surface area contributed by atoms with Crippen LogP contribution in [0, 0.1) is 0 Å². The first kappa shape index (κ1) is 29.8. The van der Waals surface area contributed by atoms with Crippen LogP contribution in [0.3, 0.4) is 0 Å². The molecule has 53 heavy (non-hydrogen) atoms. The summed E-state index contributed by atoms with van der Waals surface area (Å²) in [5.41, 5.74) is 15.9. The summed E-state index contributed by atoms with van der Waals surface area (Å²) in [5, 5.41) is 3.73. The molecule has 2 aromatic heterocycles. The molecule has 0 N–H and O–H groups in total. The normalized spacial score (nSPS) is 13.1. The first-order valence-electron chi connectivity index (χ1n) is 18.3. The van der Waals surface area contributed by atoms with Gasteiger partial charge < -0.3 is 9.13 Å². The minimum atomic E-state index is -0.386. The number of fused-ring (bicyclic) bond motifs is 7. The van der Waals surface area contributed by atoms with Gasteiger partial charge in [-0.2, -0.15) is 0 Å². The van der Waals surface area contributed by atoms with Gasteiger partial charge in [-0.1, -0.05) is 146 Å². The topological polar surface area (TPSA) is 9.86 Å². The van der Waals surface area contributed by atoms with E-state index in [1.165, 1.54) is 82.9 Å². The molecular formula is C51H34N2. The molecule has 0 aliphatic heterocycles. The van der Waals surface area contributed by atoms with Crippen molar-refractivity contribution < 1.29 is 0 Å². The van der Waals surface area contributed by atoms with E-state index in [0.29, 0.717) is 0 Å². The molecule has 11 rings (SSSR count). The van der Waals surface area contributed by atoms with Crippen LogP contribution in [0.2, 0.25) is 0 Å². The van der Waals surface area contributed by atoms with Gasteiger partial charge in [0.1, 0.15) is 0 Å². The predicted octanol–water partition coefficient (Wildman–Crippen LogP) is 12.8. The maximum Gasteiger partial charge on any atom is 0.0713 e. The fourth-order valence-corrected chi connectivity index (χ4v) is 9.14. The van der Waals surface area contributed by atoms with Gasteiger partial charge in [-0.3, -0.25) is 0 Å². The maximum absolute atomic E-state index is 2.37. The number of nitrogens with zero attached hydrogens (tertiary/aromatic N) is 2. The van der Waals surface area contributed by atoms with Crippen LogP contribution in [0.25, 0.3) is 66.3 Å². The lowest BCUT2D eigenvalue weighted by Gasteiger charge is -2.34. The van der Waals surface area contributed by atoms with E-state index >= 15 is 0 Å². The van der Waals surface area contributed by atoms with E-state index in [1.807, 2.05) is 0 Å². The zero-order valence-electron chi connectivity index (χ0n) is 29.0. The Kier molecular flexibility index (Phi) is 6.50. The van der Waals surface area contributed by atoms with Gasteiger partial charge in [0.2, 0.25) is 0 Å². The molecule has 1 aliphatic rings. The lowest BCUT2D eigenvalue weighted by atomic mass is 9.67. The van der Waals surface area contributed by atoms with Gasteiger partial charge in [-0.05, 0) is 99.1 Å². The SMILES string of the molecule is c1ccc(-n2c3ccccc3c3cc(-n4ccc5cc(-c6ccc(C7(c8ccccc8)c8ccccc8-c8ccccc87)cc6)ccc54)ccc32)cc1. The van der Waals surface area contributed by atoms with Gasteiger partial charge in [0.05, 0.1) is 22.0 Å². The van der Waals surface area contributed by atoms with E-state index in [0.717, 1.165) is 5.69 Å². The molecule has 0 saturated heterocycles. The molecule has 10 aromatic rings. The van der Waals surface area contributed by atoms with Gasteiger partial charge in [0.25, 0.3) is 0 Å². The highest BCUT2D eigenvalue weighted by Gasteiger charge is 2.45. The molecule has 0 saturated carbocycles. The van der Waals surface area contributed by atoms with Crippen LogP contribution >= 0.6 is 0 Å². The molecule has 0 fully saturated rings. The highest BCUT2D eigenvalue weighted by Crippen LogP contribution is 2.56. The monoisotopic (exact) mass is 674 g/mol. The zero-order valence-corrected chi connectivity index (χ0v) is 29.0. The van der Waals surface area contributed by atoms with Gasteiger partial charge in [0.15, 0.2) is 0 Å². The molecule has 1 aliphatic carbocycles. The van der Waals surface area contributed by atoms with Crippen molar-refractivity contribution in [3.8, 4) is 33.6 Å². The van der Waals surface area contributed by atoms with Crippen LogP contribution in [-0.2, 0) is 5.41 Å². The third-order valence-corrected chi connectivity index (χ3v) is 11.4. The molecule has 2 heterocycles. The summed E-state index contributed by atoms with van der Waals surface area (Å²) >= 11 is 0. The average molecular weight is 675 g/mol. The maximum atomic E-state index is 2.37. The number of hydrogen-bond acceptors (Lipinski definition) is 0. The van der Waals surface area contributed by atoms with Crippen molar-refractivity contribution in [3.63, 3.8) is 0 Å². The Morgan fingerprint density at radius 1 is 0.358 bits per heavy atom. The quantitative estimate of drug-likeness (QED) is 0.172. The Labute approximate surface area is 308 Å². The van der Waals surface area contributed by atoms with E-state index in [4.69, 9.17) is 0 Å². The largest absolute Gasteiger partial charge is 0.317 e. The standard InChI is InChI=1S/C51H34N2/c1-3-13-38(14-4-1)51(46-20-10-7-17-42(46)43-18-8-11-21-47(43)51)39-26-23-35(24-27-39)36-25-29-48-37(33-36)31-32-52(48)41-28-30-50-45(34-41)44-19-9-12-22-49(44)53(50)40-15-5-2-6-16-40/h1-34H. The van der Waals surface area contributed by atoms with Gasteiger partial charge in [-0.25, -0.2) is 0 Å². The van der Waals surface area contributed by atoms with Crippen molar-refractivity contribution >= 4 is 32.7 Å². The second-order valence-corrected chi connectivity index (χ2v) is 14.1. The number of para-hydroxylation sites is 2. The van der Waals surface area contributed by atoms with Crippen molar-refractivity contribution in [2.24, 2.45) is 0 Å². The van der Waals surface area contributed by atoms with Crippen molar-refractivity contribution in [1.82, 2.24) is 9.13 Å². The molecule has 248 valence electrons. The van der Waals surface area contributed by atoms with Crippen LogP contribution in [-0.4, -0.2) is 9.13 Å². The summed E-state index contributed by atoms with van der Waals surface area (Å²) in [6.07, 6.45) is 2.20. The van der Waals surface area contributed by atoms with E-state index in [2.05, 4.69) is 216 Å². The molecule has 2 nitrogen and oxygen atoms in total. The van der Waals surface area contributed by atoms with Gasteiger partial charge >= 0.3 is 0 Å². The summed E-state index contributed by atoms with van der Waals surface area (Å²) in [6.45, 7) is 0. The Morgan fingerprint density at radius 2 is 0.943 bits per heavy atom. The second kappa shape index (κ2) is 11.6. The highest BCUT2D eigenvalue weighted by molar-refractivity contribution is 6.10. The fourth-order valence-electron chi connectivity index (χ4n) is 9.14. The Balaban J connectivity index is 0.991. The Bertz CT molecular complexity index is 2940. The van der Waals surface area contributed by atoms with Crippen molar-refractivity contribution in [2.45, 2.75) is 5.41 Å². The first-order valence-corrected chi connectivity index (χ1v) is 18.3. The first-order chi connectivity index (χ1) is 26.3.